The summed E-state index contributed by atoms with van der Waals surface area (Å²) in [6, 6.07) is 4.91. The smallest absolute Gasteiger partial charge is 0.312 e. The lowest BCUT2D eigenvalue weighted by Crippen LogP contribution is -2.08. The van der Waals surface area contributed by atoms with E-state index in [-0.39, 0.29) is 5.69 Å². The number of rotatable bonds is 2. The van der Waals surface area contributed by atoms with Gasteiger partial charge >= 0.3 is 5.69 Å². The summed E-state index contributed by atoms with van der Waals surface area (Å²) >= 11 is 0. The van der Waals surface area contributed by atoms with Crippen LogP contribution in [-0.2, 0) is 0 Å². The van der Waals surface area contributed by atoms with Crippen LogP contribution in [0.4, 0.5) is 11.4 Å². The number of non-ortho nitro benzene ring substituents is 1. The van der Waals surface area contributed by atoms with Crippen molar-refractivity contribution in [2.75, 3.05) is 19.0 Å². The Morgan fingerprint density at radius 1 is 1.33 bits per heavy atom. The first-order chi connectivity index (χ1) is 7.11. The summed E-state index contributed by atoms with van der Waals surface area (Å²) in [5, 5.41) is 11.5. The maximum absolute atomic E-state index is 10.7. The molecule has 0 aliphatic rings. The van der Waals surface area contributed by atoms with Crippen molar-refractivity contribution in [3.05, 3.63) is 34.6 Å². The van der Waals surface area contributed by atoms with E-state index in [1.807, 2.05) is 19.0 Å². The van der Waals surface area contributed by atoms with E-state index in [4.69, 9.17) is 4.42 Å². The van der Waals surface area contributed by atoms with Crippen LogP contribution in [0.15, 0.2) is 28.9 Å². The monoisotopic (exact) mass is 206 g/mol. The summed E-state index contributed by atoms with van der Waals surface area (Å²) in [7, 11) is 3.77. The Morgan fingerprint density at radius 3 is 2.67 bits per heavy atom. The normalized spacial score (nSPS) is 10.5. The number of nitro groups is 1. The molecule has 0 spiro atoms. The Balaban J connectivity index is 2.76. The molecule has 15 heavy (non-hydrogen) atoms. The molecule has 0 aliphatic carbocycles. The topological polar surface area (TPSA) is 59.5 Å². The molecule has 2 rings (SSSR count). The summed E-state index contributed by atoms with van der Waals surface area (Å²) in [5.41, 5.74) is 1.23. The van der Waals surface area contributed by atoms with Gasteiger partial charge in [-0.25, -0.2) is 0 Å². The summed E-state index contributed by atoms with van der Waals surface area (Å²) < 4.78 is 5.13. The standard InChI is InChI=1S/C10H10N2O3/c1-11(2)8-3-4-9(12(13)14)10-7(8)5-6-15-10/h3-6H,1-2H3. The number of hydrogen-bond acceptors (Lipinski definition) is 4. The van der Waals surface area contributed by atoms with Crippen LogP contribution < -0.4 is 4.90 Å². The van der Waals surface area contributed by atoms with Crippen LogP contribution in [0.1, 0.15) is 0 Å². The predicted octanol–water partition coefficient (Wildman–Crippen LogP) is 2.41. The Hall–Kier alpha value is -2.04. The average molecular weight is 206 g/mol. The average Bonchev–Trinajstić information content (AvgIpc) is 2.63. The Morgan fingerprint density at radius 2 is 2.07 bits per heavy atom. The van der Waals surface area contributed by atoms with Gasteiger partial charge in [-0.1, -0.05) is 0 Å². The van der Waals surface area contributed by atoms with Crippen molar-refractivity contribution in [1.29, 1.82) is 0 Å². The van der Waals surface area contributed by atoms with Crippen molar-refractivity contribution in [2.45, 2.75) is 0 Å². The van der Waals surface area contributed by atoms with Crippen molar-refractivity contribution in [2.24, 2.45) is 0 Å². The quantitative estimate of drug-likeness (QED) is 0.559. The molecule has 0 aliphatic heterocycles. The van der Waals surface area contributed by atoms with Crippen LogP contribution >= 0.6 is 0 Å². The van der Waals surface area contributed by atoms with E-state index in [0.717, 1.165) is 11.1 Å². The third-order valence-electron chi connectivity index (χ3n) is 2.25. The second-order valence-electron chi connectivity index (χ2n) is 3.42. The van der Waals surface area contributed by atoms with Crippen molar-refractivity contribution in [3.8, 4) is 0 Å². The zero-order valence-electron chi connectivity index (χ0n) is 8.43. The van der Waals surface area contributed by atoms with Gasteiger partial charge in [-0.05, 0) is 12.1 Å². The van der Waals surface area contributed by atoms with Crippen molar-refractivity contribution in [3.63, 3.8) is 0 Å². The molecule has 0 bridgehead atoms. The Kier molecular flexibility index (Phi) is 2.07. The molecule has 0 saturated carbocycles. The van der Waals surface area contributed by atoms with Gasteiger partial charge in [-0.2, -0.15) is 0 Å². The fraction of sp³-hybridized carbons (Fsp3) is 0.200. The van der Waals surface area contributed by atoms with Crippen LogP contribution in [0.3, 0.4) is 0 Å². The first kappa shape index (κ1) is 9.51. The van der Waals surface area contributed by atoms with Crippen molar-refractivity contribution >= 4 is 22.3 Å². The molecule has 0 unspecified atom stereocenters. The molecule has 0 atom stereocenters. The van der Waals surface area contributed by atoms with Crippen LogP contribution in [0.25, 0.3) is 11.0 Å². The molecule has 0 fully saturated rings. The lowest BCUT2D eigenvalue weighted by atomic mass is 10.2. The Bertz CT molecular complexity index is 516. The molecule has 0 saturated heterocycles. The number of fused-ring (bicyclic) bond motifs is 1. The molecular weight excluding hydrogens is 196 g/mol. The highest BCUT2D eigenvalue weighted by Gasteiger charge is 2.17. The molecular formula is C10H10N2O3. The van der Waals surface area contributed by atoms with Gasteiger partial charge in [0.1, 0.15) is 0 Å². The molecule has 5 nitrogen and oxygen atoms in total. The number of nitrogens with zero attached hydrogens (tertiary/aromatic N) is 2. The number of furan rings is 1. The number of nitro benzene ring substituents is 1. The summed E-state index contributed by atoms with van der Waals surface area (Å²) in [6.45, 7) is 0. The lowest BCUT2D eigenvalue weighted by Gasteiger charge is -2.12. The van der Waals surface area contributed by atoms with E-state index in [1.54, 1.807) is 12.1 Å². The molecule has 0 N–H and O–H groups in total. The SMILES string of the molecule is CN(C)c1ccc([N+](=O)[O-])c2occc12. The zero-order chi connectivity index (χ0) is 11.0. The molecule has 78 valence electrons. The number of benzene rings is 1. The third kappa shape index (κ3) is 1.41. The van der Waals surface area contributed by atoms with Crippen LogP contribution in [0.5, 0.6) is 0 Å². The maximum Gasteiger partial charge on any atom is 0.312 e. The second-order valence-corrected chi connectivity index (χ2v) is 3.42. The highest BCUT2D eigenvalue weighted by atomic mass is 16.6. The van der Waals surface area contributed by atoms with E-state index in [9.17, 15) is 10.1 Å². The van der Waals surface area contributed by atoms with Gasteiger partial charge in [0.2, 0.25) is 5.58 Å². The molecule has 1 aromatic heterocycles. The van der Waals surface area contributed by atoms with Crippen molar-refractivity contribution < 1.29 is 9.34 Å². The first-order valence-corrected chi connectivity index (χ1v) is 4.43. The molecule has 0 amide bonds. The van der Waals surface area contributed by atoms with Crippen LogP contribution in [0.2, 0.25) is 0 Å². The molecule has 1 heterocycles. The van der Waals surface area contributed by atoms with Gasteiger partial charge in [0.25, 0.3) is 0 Å². The fourth-order valence-electron chi connectivity index (χ4n) is 1.57. The van der Waals surface area contributed by atoms with Gasteiger partial charge in [-0.3, -0.25) is 10.1 Å². The van der Waals surface area contributed by atoms with E-state index < -0.39 is 4.92 Å². The highest BCUT2D eigenvalue weighted by Crippen LogP contribution is 2.33. The fourth-order valence-corrected chi connectivity index (χ4v) is 1.57. The van der Waals surface area contributed by atoms with Crippen LogP contribution in [0, 0.1) is 10.1 Å². The minimum absolute atomic E-state index is 0.000556. The van der Waals surface area contributed by atoms with Gasteiger partial charge < -0.3 is 9.32 Å². The summed E-state index contributed by atoms with van der Waals surface area (Å²) in [6.07, 6.45) is 1.46. The van der Waals surface area contributed by atoms with Crippen LogP contribution in [-0.4, -0.2) is 19.0 Å². The molecule has 2 aromatic rings. The minimum atomic E-state index is -0.439. The first-order valence-electron chi connectivity index (χ1n) is 4.43. The van der Waals surface area contributed by atoms with E-state index in [2.05, 4.69) is 0 Å². The predicted molar refractivity (Wildman–Crippen MR) is 57.2 cm³/mol. The largest absolute Gasteiger partial charge is 0.457 e. The Labute approximate surface area is 86.1 Å². The number of anilines is 1. The zero-order valence-corrected chi connectivity index (χ0v) is 8.43. The minimum Gasteiger partial charge on any atom is -0.457 e. The molecule has 1 aromatic carbocycles. The van der Waals surface area contributed by atoms with Gasteiger partial charge in [0.15, 0.2) is 0 Å². The maximum atomic E-state index is 10.7. The summed E-state index contributed by atoms with van der Waals surface area (Å²) in [5.74, 6) is 0. The van der Waals surface area contributed by atoms with Gasteiger partial charge in [0.05, 0.1) is 16.6 Å². The second kappa shape index (κ2) is 3.27. The van der Waals surface area contributed by atoms with Gasteiger partial charge in [-0.15, -0.1) is 0 Å². The van der Waals surface area contributed by atoms with E-state index in [1.165, 1.54) is 12.3 Å². The van der Waals surface area contributed by atoms with E-state index >= 15 is 0 Å². The summed E-state index contributed by atoms with van der Waals surface area (Å²) in [4.78, 5) is 12.2. The highest BCUT2D eigenvalue weighted by molar-refractivity contribution is 5.96. The third-order valence-corrected chi connectivity index (χ3v) is 2.25. The molecule has 0 radical (unpaired) electrons. The number of hydrogen-bond donors (Lipinski definition) is 0. The van der Waals surface area contributed by atoms with E-state index in [0.29, 0.717) is 5.58 Å². The van der Waals surface area contributed by atoms with Gasteiger partial charge in [0, 0.05) is 25.8 Å². The van der Waals surface area contributed by atoms with Crippen molar-refractivity contribution in [1.82, 2.24) is 0 Å². The lowest BCUT2D eigenvalue weighted by molar-refractivity contribution is -0.383. The molecule has 5 heteroatoms.